The summed E-state index contributed by atoms with van der Waals surface area (Å²) in [4.78, 5) is 69.8. The van der Waals surface area contributed by atoms with Crippen molar-refractivity contribution in [2.24, 2.45) is 10.6 Å². The van der Waals surface area contributed by atoms with Gasteiger partial charge in [-0.2, -0.15) is 0 Å². The average molecular weight is 613 g/mol. The van der Waals surface area contributed by atoms with Crippen LogP contribution in [0.1, 0.15) is 39.8 Å². The third-order valence-electron chi connectivity index (χ3n) is 5.59. The third kappa shape index (κ3) is 7.66. The van der Waals surface area contributed by atoms with E-state index in [0.29, 0.717) is 0 Å². The number of nitrogens with two attached hydrogens (primary N) is 1. The van der Waals surface area contributed by atoms with Crippen LogP contribution < -0.4 is 11.1 Å². The molecule has 0 saturated carbocycles. The summed E-state index contributed by atoms with van der Waals surface area (Å²) in [7, 11) is 2.97. The van der Waals surface area contributed by atoms with Gasteiger partial charge in [-0.25, -0.2) is 14.6 Å². The lowest BCUT2D eigenvalue weighted by atomic mass is 9.92. The number of esters is 2. The Bertz CT molecular complexity index is 1290. The fourth-order valence-corrected chi connectivity index (χ4v) is 5.65. The van der Waals surface area contributed by atoms with Crippen molar-refractivity contribution < 1.29 is 43.4 Å². The highest BCUT2D eigenvalue weighted by molar-refractivity contribution is 8.00. The van der Waals surface area contributed by atoms with Crippen molar-refractivity contribution in [3.8, 4) is 0 Å². The molecule has 0 spiro atoms. The highest BCUT2D eigenvalue weighted by Crippen LogP contribution is 2.41. The monoisotopic (exact) mass is 612 g/mol. The topological polar surface area (TPSA) is 203 Å². The molecular formula is C24H32N6O9S2. The molecule has 1 aromatic rings. The molecule has 17 heteroatoms. The van der Waals surface area contributed by atoms with Crippen LogP contribution in [0.4, 0.5) is 9.93 Å². The lowest BCUT2D eigenvalue weighted by molar-refractivity contribution is -0.185. The lowest BCUT2D eigenvalue weighted by Gasteiger charge is -2.49. The highest BCUT2D eigenvalue weighted by Gasteiger charge is 2.55. The first-order chi connectivity index (χ1) is 19.1. The lowest BCUT2D eigenvalue weighted by Crippen LogP contribution is -2.71. The largest absolute Gasteiger partial charge is 0.445 e. The first-order valence-corrected chi connectivity index (χ1v) is 14.2. The Kier molecular flexibility index (Phi) is 9.85. The minimum Gasteiger partial charge on any atom is -0.445 e. The SMILES string of the molecule is CC(OC(=O)CC(C)(C)C)OC(=O)C1=C(COC(=O)N(C)C)CS[C@@H]2[C@H](NC(=O)/C(=N\O)c3csc(N)n3)C(=O)N12. The molecule has 2 aliphatic rings. The molecule has 4 N–H and O–H groups in total. The number of rotatable bonds is 9. The molecule has 1 aromatic heterocycles. The number of nitrogens with zero attached hydrogens (tertiary/aromatic N) is 4. The van der Waals surface area contributed by atoms with Crippen LogP contribution in [0.2, 0.25) is 0 Å². The standard InChI is InChI=1S/C24H32N6O9S2/c1-11(38-14(31)7-24(2,3)4)39-21(34)17-12(8-37-23(35)29(5)6)9-40-20-16(19(33)30(17)20)27-18(32)15(28-36)13-10-41-22(25)26-13/h10-11,16,20,36H,7-9H2,1-6H3,(H2,25,26)(H,27,32)/b28-15-/t11?,16-,20-/m1/s1. The van der Waals surface area contributed by atoms with E-state index in [4.69, 9.17) is 19.9 Å². The Labute approximate surface area is 244 Å². The molecule has 2 aliphatic heterocycles. The van der Waals surface area contributed by atoms with Crippen LogP contribution >= 0.6 is 23.1 Å². The Balaban J connectivity index is 1.79. The van der Waals surface area contributed by atoms with Crippen molar-refractivity contribution in [2.45, 2.75) is 51.8 Å². The Morgan fingerprint density at radius 3 is 2.54 bits per heavy atom. The molecule has 224 valence electrons. The number of thiazole rings is 1. The van der Waals surface area contributed by atoms with Crippen molar-refractivity contribution in [1.29, 1.82) is 0 Å². The maximum Gasteiger partial charge on any atom is 0.409 e. The van der Waals surface area contributed by atoms with Crippen molar-refractivity contribution in [2.75, 3.05) is 32.2 Å². The number of carbonyl (C=O) groups excluding carboxylic acids is 5. The summed E-state index contributed by atoms with van der Waals surface area (Å²) in [5.41, 5.74) is 4.92. The Morgan fingerprint density at radius 2 is 1.98 bits per heavy atom. The van der Waals surface area contributed by atoms with Gasteiger partial charge in [0.15, 0.2) is 10.8 Å². The molecule has 0 radical (unpaired) electrons. The van der Waals surface area contributed by atoms with Gasteiger partial charge in [0.05, 0.1) is 6.42 Å². The number of anilines is 1. The molecule has 3 amide bonds. The van der Waals surface area contributed by atoms with E-state index in [2.05, 4.69) is 15.5 Å². The number of hydrogen-bond donors (Lipinski definition) is 3. The number of aromatic nitrogens is 1. The number of fused-ring (bicyclic) bond motifs is 1. The zero-order valence-corrected chi connectivity index (χ0v) is 25.0. The minimum absolute atomic E-state index is 0.0246. The van der Waals surface area contributed by atoms with Gasteiger partial charge in [-0.15, -0.1) is 23.1 Å². The summed E-state index contributed by atoms with van der Waals surface area (Å²) in [5.74, 6) is -2.94. The fourth-order valence-electron chi connectivity index (χ4n) is 3.77. The summed E-state index contributed by atoms with van der Waals surface area (Å²) >= 11 is 2.24. The van der Waals surface area contributed by atoms with E-state index < -0.39 is 53.3 Å². The molecule has 0 bridgehead atoms. The van der Waals surface area contributed by atoms with Gasteiger partial charge in [0, 0.05) is 37.7 Å². The van der Waals surface area contributed by atoms with Gasteiger partial charge in [-0.05, 0) is 5.41 Å². The number of nitrogens with one attached hydrogen (secondary N) is 1. The number of oxime groups is 1. The first-order valence-electron chi connectivity index (χ1n) is 12.3. The molecule has 15 nitrogen and oxygen atoms in total. The van der Waals surface area contributed by atoms with E-state index >= 15 is 0 Å². The van der Waals surface area contributed by atoms with E-state index in [1.165, 1.54) is 43.1 Å². The number of β-lactam (4-membered cyclic amide) rings is 1. The number of nitrogen functional groups attached to an aromatic ring is 1. The third-order valence-corrected chi connectivity index (χ3v) is 7.60. The zero-order chi connectivity index (χ0) is 30.6. The summed E-state index contributed by atoms with van der Waals surface area (Å²) in [5, 5.41) is 15.7. The maximum absolute atomic E-state index is 13.3. The van der Waals surface area contributed by atoms with Gasteiger partial charge in [0.1, 0.15) is 29.4 Å². The summed E-state index contributed by atoms with van der Waals surface area (Å²) in [6.07, 6.45) is -1.86. The fraction of sp³-hybridized carbons (Fsp3) is 0.542. The van der Waals surface area contributed by atoms with Crippen LogP contribution in [0.3, 0.4) is 0 Å². The normalized spacial score (nSPS) is 19.5. The second-order valence-electron chi connectivity index (χ2n) is 10.5. The molecule has 41 heavy (non-hydrogen) atoms. The van der Waals surface area contributed by atoms with Crippen LogP contribution in [-0.2, 0) is 33.4 Å². The van der Waals surface area contributed by atoms with Crippen LogP contribution in [0.25, 0.3) is 0 Å². The highest BCUT2D eigenvalue weighted by atomic mass is 32.2. The summed E-state index contributed by atoms with van der Waals surface area (Å²) < 4.78 is 15.8. The second kappa shape index (κ2) is 12.8. The number of thioether (sulfide) groups is 1. The van der Waals surface area contributed by atoms with E-state index in [1.54, 1.807) is 0 Å². The first kappa shape index (κ1) is 31.7. The molecule has 3 atom stereocenters. The van der Waals surface area contributed by atoms with Gasteiger partial charge in [0.25, 0.3) is 11.8 Å². The van der Waals surface area contributed by atoms with Gasteiger partial charge >= 0.3 is 18.0 Å². The molecule has 0 aliphatic carbocycles. The van der Waals surface area contributed by atoms with Gasteiger partial charge in [-0.3, -0.25) is 19.3 Å². The maximum atomic E-state index is 13.3. The van der Waals surface area contributed by atoms with Gasteiger partial charge in [0.2, 0.25) is 6.29 Å². The molecule has 1 saturated heterocycles. The molecule has 1 unspecified atom stereocenters. The number of amides is 3. The molecule has 1 fully saturated rings. The predicted molar refractivity (Wildman–Crippen MR) is 148 cm³/mol. The Morgan fingerprint density at radius 1 is 1.29 bits per heavy atom. The van der Waals surface area contributed by atoms with Gasteiger partial charge < -0.3 is 35.4 Å². The quantitative estimate of drug-likeness (QED) is 0.0897. The van der Waals surface area contributed by atoms with Crippen LogP contribution in [0.5, 0.6) is 0 Å². The molecule has 3 heterocycles. The summed E-state index contributed by atoms with van der Waals surface area (Å²) in [6.45, 7) is 6.60. The van der Waals surface area contributed by atoms with E-state index in [1.807, 2.05) is 20.8 Å². The Hall–Kier alpha value is -3.86. The van der Waals surface area contributed by atoms with Crippen molar-refractivity contribution in [1.82, 2.24) is 20.1 Å². The zero-order valence-electron chi connectivity index (χ0n) is 23.3. The summed E-state index contributed by atoms with van der Waals surface area (Å²) in [6, 6.07) is -1.09. The van der Waals surface area contributed by atoms with Crippen LogP contribution in [0, 0.1) is 5.41 Å². The number of carbonyl (C=O) groups is 5. The predicted octanol–water partition coefficient (Wildman–Crippen LogP) is 1.12. The van der Waals surface area contributed by atoms with Crippen molar-refractivity contribution in [3.05, 3.63) is 22.3 Å². The van der Waals surface area contributed by atoms with E-state index in [9.17, 15) is 29.2 Å². The van der Waals surface area contributed by atoms with Crippen molar-refractivity contribution >= 4 is 63.8 Å². The van der Waals surface area contributed by atoms with Crippen LogP contribution in [0.15, 0.2) is 21.8 Å². The number of ether oxygens (including phenoxy) is 3. The van der Waals surface area contributed by atoms with Gasteiger partial charge in [-0.1, -0.05) is 25.9 Å². The average Bonchev–Trinajstić information content (AvgIpc) is 3.29. The molecule has 3 rings (SSSR count). The van der Waals surface area contributed by atoms with E-state index in [0.717, 1.165) is 16.2 Å². The van der Waals surface area contributed by atoms with Crippen LogP contribution in [-0.4, -0.2) is 99.7 Å². The minimum atomic E-state index is -1.27. The molecule has 0 aromatic carbocycles. The van der Waals surface area contributed by atoms with E-state index in [-0.39, 0.29) is 46.3 Å². The smallest absolute Gasteiger partial charge is 0.409 e. The van der Waals surface area contributed by atoms with Crippen molar-refractivity contribution in [3.63, 3.8) is 0 Å². The number of hydrogen-bond acceptors (Lipinski definition) is 14. The second-order valence-corrected chi connectivity index (χ2v) is 12.5. The molecular weight excluding hydrogens is 580 g/mol.